The van der Waals surface area contributed by atoms with E-state index in [1.807, 2.05) is 42.8 Å². The van der Waals surface area contributed by atoms with Crippen LogP contribution in [-0.2, 0) is 17.8 Å². The third kappa shape index (κ3) is 4.92. The summed E-state index contributed by atoms with van der Waals surface area (Å²) >= 11 is 1.66. The molecule has 0 spiro atoms. The minimum Gasteiger partial charge on any atom is -0.494 e. The van der Waals surface area contributed by atoms with Gasteiger partial charge in [0, 0.05) is 30.9 Å². The number of aromatic nitrogens is 1. The molecule has 0 aliphatic carbocycles. The number of rotatable bonds is 8. The van der Waals surface area contributed by atoms with Crippen LogP contribution in [0.1, 0.15) is 24.5 Å². The maximum absolute atomic E-state index is 12.2. The molecule has 2 heterocycles. The average Bonchev–Trinajstić information content (AvgIpc) is 3.21. The van der Waals surface area contributed by atoms with Crippen molar-refractivity contribution < 1.29 is 9.53 Å². The second kappa shape index (κ2) is 9.15. The first kappa shape index (κ1) is 18.1. The number of aryl methyl sites for hydroxylation is 1. The molecule has 3 aromatic rings. The van der Waals surface area contributed by atoms with Gasteiger partial charge in [-0.15, -0.1) is 0 Å². The first-order valence-corrected chi connectivity index (χ1v) is 9.64. The Bertz CT molecular complexity index is 847. The zero-order valence-corrected chi connectivity index (χ0v) is 15.6. The lowest BCUT2D eigenvalue weighted by atomic mass is 10.1. The van der Waals surface area contributed by atoms with Crippen LogP contribution >= 0.6 is 11.3 Å². The highest BCUT2D eigenvalue weighted by molar-refractivity contribution is 7.08. The number of pyridine rings is 1. The van der Waals surface area contributed by atoms with Gasteiger partial charge in [-0.1, -0.05) is 18.2 Å². The normalized spacial score (nSPS) is 10.5. The van der Waals surface area contributed by atoms with Gasteiger partial charge in [-0.25, -0.2) is 0 Å². The maximum Gasteiger partial charge on any atom is 0.220 e. The molecule has 0 bridgehead atoms. The van der Waals surface area contributed by atoms with Crippen molar-refractivity contribution in [2.75, 3.05) is 6.61 Å². The van der Waals surface area contributed by atoms with Gasteiger partial charge in [-0.3, -0.25) is 9.78 Å². The lowest BCUT2D eigenvalue weighted by Gasteiger charge is -2.10. The van der Waals surface area contributed by atoms with Crippen LogP contribution in [0.2, 0.25) is 0 Å². The van der Waals surface area contributed by atoms with Crippen molar-refractivity contribution in [2.24, 2.45) is 0 Å². The molecule has 5 heteroatoms. The Hall–Kier alpha value is -2.66. The van der Waals surface area contributed by atoms with Crippen LogP contribution in [0.5, 0.6) is 5.75 Å². The van der Waals surface area contributed by atoms with Crippen molar-refractivity contribution >= 4 is 17.2 Å². The molecule has 134 valence electrons. The van der Waals surface area contributed by atoms with E-state index in [2.05, 4.69) is 27.8 Å². The van der Waals surface area contributed by atoms with E-state index in [-0.39, 0.29) is 5.91 Å². The number of para-hydroxylation sites is 1. The number of carbonyl (C=O) groups is 1. The van der Waals surface area contributed by atoms with Crippen LogP contribution in [0.4, 0.5) is 0 Å². The molecule has 0 saturated heterocycles. The predicted octanol–water partition coefficient (Wildman–Crippen LogP) is 4.46. The van der Waals surface area contributed by atoms with Crippen molar-refractivity contribution in [3.8, 4) is 16.9 Å². The smallest absolute Gasteiger partial charge is 0.220 e. The summed E-state index contributed by atoms with van der Waals surface area (Å²) in [5, 5.41) is 7.11. The van der Waals surface area contributed by atoms with Gasteiger partial charge >= 0.3 is 0 Å². The van der Waals surface area contributed by atoms with Crippen molar-refractivity contribution in [3.05, 3.63) is 70.7 Å². The van der Waals surface area contributed by atoms with E-state index in [0.29, 0.717) is 26.0 Å². The summed E-state index contributed by atoms with van der Waals surface area (Å²) in [6, 6.07) is 12.0. The van der Waals surface area contributed by atoms with E-state index in [1.165, 1.54) is 0 Å². The Morgan fingerprint density at radius 3 is 2.88 bits per heavy atom. The minimum atomic E-state index is 0.0252. The summed E-state index contributed by atoms with van der Waals surface area (Å²) in [5.41, 5.74) is 4.29. The Morgan fingerprint density at radius 1 is 1.19 bits per heavy atom. The number of benzene rings is 1. The fourth-order valence-corrected chi connectivity index (χ4v) is 3.38. The summed E-state index contributed by atoms with van der Waals surface area (Å²) in [4.78, 5) is 16.5. The summed E-state index contributed by atoms with van der Waals surface area (Å²) in [6.07, 6.45) is 4.73. The monoisotopic (exact) mass is 366 g/mol. The molecule has 26 heavy (non-hydrogen) atoms. The van der Waals surface area contributed by atoms with Crippen LogP contribution in [0.3, 0.4) is 0 Å². The van der Waals surface area contributed by atoms with Crippen LogP contribution in [0, 0.1) is 0 Å². The van der Waals surface area contributed by atoms with E-state index in [0.717, 1.165) is 28.0 Å². The molecular weight excluding hydrogens is 344 g/mol. The van der Waals surface area contributed by atoms with Crippen molar-refractivity contribution in [1.82, 2.24) is 10.3 Å². The number of ether oxygens (including phenoxy) is 1. The van der Waals surface area contributed by atoms with Crippen LogP contribution in [0.15, 0.2) is 59.6 Å². The van der Waals surface area contributed by atoms with Gasteiger partial charge in [-0.05, 0) is 59.0 Å². The predicted molar refractivity (Wildman–Crippen MR) is 105 cm³/mol. The molecular formula is C21H22N2O2S. The average molecular weight is 366 g/mol. The minimum absolute atomic E-state index is 0.0252. The third-order valence-corrected chi connectivity index (χ3v) is 4.72. The lowest BCUT2D eigenvalue weighted by molar-refractivity contribution is -0.121. The standard InChI is InChI=1S/C21H22N2O2S/c1-2-25-20-6-4-3-5-17(20)7-8-21(24)23-13-16-11-19(14-22-12-16)18-9-10-26-15-18/h3-6,9-12,14-15H,2,7-8,13H2,1H3,(H,23,24). The van der Waals surface area contributed by atoms with Gasteiger partial charge < -0.3 is 10.1 Å². The third-order valence-electron chi connectivity index (χ3n) is 4.03. The van der Waals surface area contributed by atoms with Gasteiger partial charge in [0.15, 0.2) is 0 Å². The topological polar surface area (TPSA) is 51.2 Å². The van der Waals surface area contributed by atoms with Gasteiger partial charge in [0.25, 0.3) is 0 Å². The maximum atomic E-state index is 12.2. The SMILES string of the molecule is CCOc1ccccc1CCC(=O)NCc1cncc(-c2ccsc2)c1. The van der Waals surface area contributed by atoms with Crippen molar-refractivity contribution in [1.29, 1.82) is 0 Å². The van der Waals surface area contributed by atoms with E-state index in [9.17, 15) is 4.79 Å². The molecule has 4 nitrogen and oxygen atoms in total. The Balaban J connectivity index is 1.53. The lowest BCUT2D eigenvalue weighted by Crippen LogP contribution is -2.23. The molecule has 2 aromatic heterocycles. The number of hydrogen-bond donors (Lipinski definition) is 1. The zero-order chi connectivity index (χ0) is 18.2. The van der Waals surface area contributed by atoms with E-state index >= 15 is 0 Å². The Kier molecular flexibility index (Phi) is 6.39. The number of carbonyl (C=O) groups excluding carboxylic acids is 1. The molecule has 3 rings (SSSR count). The molecule has 0 atom stereocenters. The van der Waals surface area contributed by atoms with Crippen LogP contribution < -0.4 is 10.1 Å². The number of nitrogens with zero attached hydrogens (tertiary/aromatic N) is 1. The van der Waals surface area contributed by atoms with Crippen molar-refractivity contribution in [3.63, 3.8) is 0 Å². The highest BCUT2D eigenvalue weighted by Crippen LogP contribution is 2.22. The summed E-state index contributed by atoms with van der Waals surface area (Å²) < 4.78 is 5.61. The van der Waals surface area contributed by atoms with Crippen LogP contribution in [-0.4, -0.2) is 17.5 Å². The number of amides is 1. The molecule has 0 unspecified atom stereocenters. The summed E-state index contributed by atoms with van der Waals surface area (Å²) in [6.45, 7) is 3.06. The number of thiophene rings is 1. The molecule has 1 aromatic carbocycles. The zero-order valence-electron chi connectivity index (χ0n) is 14.8. The first-order chi connectivity index (χ1) is 12.8. The summed E-state index contributed by atoms with van der Waals surface area (Å²) in [7, 11) is 0. The fourth-order valence-electron chi connectivity index (χ4n) is 2.71. The quantitative estimate of drug-likeness (QED) is 0.640. The molecule has 0 aliphatic rings. The van der Waals surface area contributed by atoms with Crippen molar-refractivity contribution in [2.45, 2.75) is 26.3 Å². The van der Waals surface area contributed by atoms with E-state index < -0.39 is 0 Å². The fraction of sp³-hybridized carbons (Fsp3) is 0.238. The van der Waals surface area contributed by atoms with Gasteiger partial charge in [-0.2, -0.15) is 11.3 Å². The molecule has 1 amide bonds. The Morgan fingerprint density at radius 2 is 2.08 bits per heavy atom. The number of hydrogen-bond acceptors (Lipinski definition) is 4. The molecule has 0 saturated carbocycles. The molecule has 1 N–H and O–H groups in total. The second-order valence-corrected chi connectivity index (χ2v) is 6.69. The molecule has 0 radical (unpaired) electrons. The molecule has 0 fully saturated rings. The first-order valence-electron chi connectivity index (χ1n) is 8.70. The van der Waals surface area contributed by atoms with E-state index in [4.69, 9.17) is 4.74 Å². The van der Waals surface area contributed by atoms with Crippen LogP contribution in [0.25, 0.3) is 11.1 Å². The van der Waals surface area contributed by atoms with Gasteiger partial charge in [0.1, 0.15) is 5.75 Å². The summed E-state index contributed by atoms with van der Waals surface area (Å²) in [5.74, 6) is 0.882. The van der Waals surface area contributed by atoms with Gasteiger partial charge in [0.05, 0.1) is 6.61 Å². The highest BCUT2D eigenvalue weighted by atomic mass is 32.1. The molecule has 0 aliphatic heterocycles. The largest absolute Gasteiger partial charge is 0.494 e. The second-order valence-electron chi connectivity index (χ2n) is 5.91. The van der Waals surface area contributed by atoms with Gasteiger partial charge in [0.2, 0.25) is 5.91 Å². The Labute approximate surface area is 157 Å². The van der Waals surface area contributed by atoms with E-state index in [1.54, 1.807) is 17.5 Å². The number of nitrogens with one attached hydrogen (secondary N) is 1. The highest BCUT2D eigenvalue weighted by Gasteiger charge is 2.07.